The average Bonchev–Trinajstić information content (AvgIpc) is 3.04. The lowest BCUT2D eigenvalue weighted by molar-refractivity contribution is -0.160. The van der Waals surface area contributed by atoms with E-state index in [0.29, 0.717) is 11.3 Å². The number of hydrogen-bond acceptors (Lipinski definition) is 2. The van der Waals surface area contributed by atoms with Gasteiger partial charge in [0.25, 0.3) is 0 Å². The van der Waals surface area contributed by atoms with E-state index in [-0.39, 0.29) is 5.41 Å². The van der Waals surface area contributed by atoms with Gasteiger partial charge in [0.15, 0.2) is 0 Å². The van der Waals surface area contributed by atoms with Crippen molar-refractivity contribution in [3.63, 3.8) is 0 Å². The number of hydrogen-bond donors (Lipinski definition) is 2. The van der Waals surface area contributed by atoms with E-state index in [4.69, 9.17) is 0 Å². The van der Waals surface area contributed by atoms with E-state index in [9.17, 15) is 10.2 Å². The molecule has 0 aromatic rings. The molecular weight excluding hydrogens is 368 g/mol. The maximum Gasteiger partial charge on any atom is 0.0804 e. The van der Waals surface area contributed by atoms with Gasteiger partial charge in [-0.15, -0.1) is 0 Å². The van der Waals surface area contributed by atoms with Crippen molar-refractivity contribution in [1.82, 2.24) is 0 Å². The van der Waals surface area contributed by atoms with Gasteiger partial charge in [-0.2, -0.15) is 0 Å². The lowest BCUT2D eigenvalue weighted by Gasteiger charge is -2.61. The van der Waals surface area contributed by atoms with Gasteiger partial charge in [-0.05, 0) is 110 Å². The van der Waals surface area contributed by atoms with Crippen LogP contribution >= 0.6 is 0 Å². The molecule has 4 aliphatic rings. The Bertz CT molecular complexity index is 601. The fourth-order valence-electron chi connectivity index (χ4n) is 9.31. The molecule has 11 atom stereocenters. The zero-order valence-corrected chi connectivity index (χ0v) is 20.7. The second-order valence-corrected chi connectivity index (χ2v) is 13.2. The molecule has 4 fully saturated rings. The second kappa shape index (κ2) is 8.36. The van der Waals surface area contributed by atoms with Crippen LogP contribution in [-0.2, 0) is 0 Å². The molecule has 2 N–H and O–H groups in total. The summed E-state index contributed by atoms with van der Waals surface area (Å²) in [5, 5.41) is 20.8. The summed E-state index contributed by atoms with van der Waals surface area (Å²) in [5.74, 6) is 6.56. The van der Waals surface area contributed by atoms with Gasteiger partial charge >= 0.3 is 0 Å². The van der Waals surface area contributed by atoms with Crippen molar-refractivity contribution in [2.24, 2.45) is 58.2 Å². The van der Waals surface area contributed by atoms with Gasteiger partial charge in [0, 0.05) is 0 Å². The topological polar surface area (TPSA) is 40.5 Å². The first-order valence-electron chi connectivity index (χ1n) is 13.4. The quantitative estimate of drug-likeness (QED) is 0.522. The highest BCUT2D eigenvalue weighted by Crippen LogP contribution is 2.68. The summed E-state index contributed by atoms with van der Waals surface area (Å²) in [7, 11) is 0. The average molecular weight is 419 g/mol. The minimum absolute atomic E-state index is 0.249. The Labute approximate surface area is 186 Å². The highest BCUT2D eigenvalue weighted by molar-refractivity contribution is 5.10. The van der Waals surface area contributed by atoms with Crippen LogP contribution in [0.15, 0.2) is 0 Å². The fourth-order valence-corrected chi connectivity index (χ4v) is 9.31. The van der Waals surface area contributed by atoms with Crippen molar-refractivity contribution in [1.29, 1.82) is 0 Å². The Kier molecular flexibility index (Phi) is 6.44. The maximum absolute atomic E-state index is 10.5. The molecule has 2 heteroatoms. The molecule has 0 radical (unpaired) electrons. The number of aliphatic hydroxyl groups excluding tert-OH is 2. The SMILES string of the molecule is CC(C)C(C)CCC(C)C1CCC2C3CCC4CC(O)C(O)CC4(C)C3CCC12C. The molecular formula is C28H50O2. The van der Waals surface area contributed by atoms with Crippen LogP contribution in [0.25, 0.3) is 0 Å². The Morgan fingerprint density at radius 2 is 1.50 bits per heavy atom. The normalized spacial score (nSPS) is 50.5. The first kappa shape index (κ1) is 23.1. The first-order chi connectivity index (χ1) is 14.1. The van der Waals surface area contributed by atoms with E-state index in [0.717, 1.165) is 54.3 Å². The largest absolute Gasteiger partial charge is 0.390 e. The highest BCUT2D eigenvalue weighted by atomic mass is 16.3. The van der Waals surface area contributed by atoms with Crippen molar-refractivity contribution < 1.29 is 10.2 Å². The van der Waals surface area contributed by atoms with Crippen molar-refractivity contribution >= 4 is 0 Å². The van der Waals surface area contributed by atoms with Crippen LogP contribution < -0.4 is 0 Å². The Balaban J connectivity index is 1.47. The van der Waals surface area contributed by atoms with Gasteiger partial charge < -0.3 is 10.2 Å². The molecule has 0 spiro atoms. The highest BCUT2D eigenvalue weighted by Gasteiger charge is 2.61. The first-order valence-corrected chi connectivity index (χ1v) is 13.4. The molecule has 4 rings (SSSR count). The molecule has 0 aromatic heterocycles. The molecule has 0 heterocycles. The van der Waals surface area contributed by atoms with Crippen LogP contribution in [0.3, 0.4) is 0 Å². The molecule has 0 aromatic carbocycles. The minimum atomic E-state index is -0.502. The van der Waals surface area contributed by atoms with Crippen LogP contribution in [0.2, 0.25) is 0 Å². The molecule has 4 saturated carbocycles. The molecule has 0 bridgehead atoms. The summed E-state index contributed by atoms with van der Waals surface area (Å²) >= 11 is 0. The third-order valence-corrected chi connectivity index (χ3v) is 11.7. The van der Waals surface area contributed by atoms with E-state index < -0.39 is 12.2 Å². The molecule has 30 heavy (non-hydrogen) atoms. The fraction of sp³-hybridized carbons (Fsp3) is 1.00. The molecule has 2 nitrogen and oxygen atoms in total. The van der Waals surface area contributed by atoms with Gasteiger partial charge in [-0.1, -0.05) is 54.4 Å². The van der Waals surface area contributed by atoms with Gasteiger partial charge in [-0.25, -0.2) is 0 Å². The van der Waals surface area contributed by atoms with Crippen LogP contribution in [0.1, 0.15) is 106 Å². The smallest absolute Gasteiger partial charge is 0.0804 e. The molecule has 0 saturated heterocycles. The summed E-state index contributed by atoms with van der Waals surface area (Å²) in [4.78, 5) is 0. The maximum atomic E-state index is 10.5. The van der Waals surface area contributed by atoms with Gasteiger partial charge in [-0.3, -0.25) is 0 Å². The Hall–Kier alpha value is -0.0800. The predicted octanol–water partition coefficient (Wildman–Crippen LogP) is 6.69. The number of aliphatic hydroxyl groups is 2. The van der Waals surface area contributed by atoms with Gasteiger partial charge in [0.2, 0.25) is 0 Å². The van der Waals surface area contributed by atoms with E-state index in [1.165, 1.54) is 51.4 Å². The number of rotatable bonds is 5. The molecule has 4 aliphatic carbocycles. The molecule has 174 valence electrons. The van der Waals surface area contributed by atoms with Crippen LogP contribution in [0.4, 0.5) is 0 Å². The Morgan fingerprint density at radius 1 is 0.800 bits per heavy atom. The van der Waals surface area contributed by atoms with E-state index >= 15 is 0 Å². The van der Waals surface area contributed by atoms with E-state index in [1.54, 1.807) is 0 Å². The summed E-state index contributed by atoms with van der Waals surface area (Å²) in [5.41, 5.74) is 0.789. The summed E-state index contributed by atoms with van der Waals surface area (Å²) in [6, 6.07) is 0. The zero-order chi connectivity index (χ0) is 21.8. The lowest BCUT2D eigenvalue weighted by Crippen LogP contribution is -2.56. The standard InChI is InChI=1S/C28H50O2/c1-17(2)18(3)7-8-19(4)22-11-12-23-21-10-9-20-15-25(29)26(30)16-28(20,6)24(21)13-14-27(22,23)5/h17-26,29-30H,7-16H2,1-6H3. The van der Waals surface area contributed by atoms with Crippen molar-refractivity contribution in [3.8, 4) is 0 Å². The van der Waals surface area contributed by atoms with Crippen LogP contribution in [0.5, 0.6) is 0 Å². The minimum Gasteiger partial charge on any atom is -0.390 e. The molecule has 11 unspecified atom stereocenters. The third kappa shape index (κ3) is 3.70. The predicted molar refractivity (Wildman–Crippen MR) is 125 cm³/mol. The molecule has 0 amide bonds. The lowest BCUT2D eigenvalue weighted by atomic mass is 9.44. The van der Waals surface area contributed by atoms with E-state index in [2.05, 4.69) is 41.5 Å². The number of fused-ring (bicyclic) bond motifs is 5. The van der Waals surface area contributed by atoms with Crippen LogP contribution in [0, 0.1) is 58.2 Å². The Morgan fingerprint density at radius 3 is 2.20 bits per heavy atom. The monoisotopic (exact) mass is 418 g/mol. The summed E-state index contributed by atoms with van der Waals surface area (Å²) in [6.45, 7) is 14.9. The van der Waals surface area contributed by atoms with E-state index in [1.807, 2.05) is 0 Å². The van der Waals surface area contributed by atoms with Crippen molar-refractivity contribution in [2.45, 2.75) is 118 Å². The second-order valence-electron chi connectivity index (χ2n) is 13.2. The third-order valence-electron chi connectivity index (χ3n) is 11.7. The van der Waals surface area contributed by atoms with Crippen molar-refractivity contribution in [3.05, 3.63) is 0 Å². The zero-order valence-electron chi connectivity index (χ0n) is 20.7. The van der Waals surface area contributed by atoms with Crippen molar-refractivity contribution in [2.75, 3.05) is 0 Å². The van der Waals surface area contributed by atoms with Gasteiger partial charge in [0.1, 0.15) is 0 Å². The summed E-state index contributed by atoms with van der Waals surface area (Å²) < 4.78 is 0. The van der Waals surface area contributed by atoms with Gasteiger partial charge in [0.05, 0.1) is 12.2 Å². The molecule has 0 aliphatic heterocycles. The van der Waals surface area contributed by atoms with Crippen LogP contribution in [-0.4, -0.2) is 22.4 Å². The summed E-state index contributed by atoms with van der Waals surface area (Å²) in [6.07, 6.45) is 11.8.